The third-order valence-corrected chi connectivity index (χ3v) is 0. The van der Waals surface area contributed by atoms with Crippen LogP contribution < -0.4 is 0 Å². The molecule has 0 bridgehead atoms. The molecule has 0 atom stereocenters. The second kappa shape index (κ2) is 24.1. The fraction of sp³-hybridized carbons (Fsp3) is 1.00. The number of rotatable bonds is 0. The summed E-state index contributed by atoms with van der Waals surface area (Å²) in [6.07, 6.45) is 0. The van der Waals surface area contributed by atoms with Gasteiger partial charge in [0, 0.05) is 33.3 Å². The maximum absolute atomic E-state index is 0. The van der Waals surface area contributed by atoms with E-state index < -0.39 is 0 Å². The molecule has 3 heteroatoms. The van der Waals surface area contributed by atoms with Crippen LogP contribution in [0.25, 0.3) is 0 Å². The first-order valence-electron chi connectivity index (χ1n) is 0. The molecule has 0 rings (SSSR count). The van der Waals surface area contributed by atoms with E-state index in [1.165, 1.54) is 0 Å². The molecule has 0 amide bonds. The van der Waals surface area contributed by atoms with E-state index in [0.717, 1.165) is 0 Å². The van der Waals surface area contributed by atoms with E-state index in [4.69, 9.17) is 0 Å². The van der Waals surface area contributed by atoms with E-state index in [0.29, 0.717) is 0 Å². The van der Waals surface area contributed by atoms with Crippen LogP contribution in [0.4, 0.5) is 0 Å². The van der Waals surface area contributed by atoms with Gasteiger partial charge in [-0.3, -0.25) is 0 Å². The molecule has 0 saturated carbocycles. The van der Waals surface area contributed by atoms with Crippen molar-refractivity contribution in [1.82, 2.24) is 0 Å². The van der Waals surface area contributed by atoms with E-state index in [-0.39, 0.29) is 58.1 Å². The first-order valence-corrected chi connectivity index (χ1v) is 0. The average Bonchev–Trinajstić information content (AvgIpc) is 0. The monoisotopic (exact) mass is 163 g/mol. The van der Waals surface area contributed by atoms with Gasteiger partial charge < -0.3 is 0 Å². The molecule has 0 aromatic rings. The average molecular weight is 164 g/mol. The normalized spacial score (nSPS) is 0. The largest absolute Gasteiger partial charge is 0.187 e. The Labute approximate surface area is 58.0 Å². The maximum atomic E-state index is 0. The van der Waals surface area contributed by atoms with Gasteiger partial charge in [-0.2, -0.15) is 0 Å². The minimum absolute atomic E-state index is 0. The molecular weight excluding hydrogens is 157 g/mol. The molecule has 0 saturated heterocycles. The van der Waals surface area contributed by atoms with Crippen LogP contribution in [-0.4, -0.2) is 17.4 Å². The second-order valence-corrected chi connectivity index (χ2v) is 0. The molecule has 0 aromatic heterocycles. The minimum atomic E-state index is 0. The molecule has 33 valence electrons. The van der Waals surface area contributed by atoms with Crippen molar-refractivity contribution in [1.29, 1.82) is 0 Å². The van der Waals surface area contributed by atoms with Gasteiger partial charge in [0.05, 0.1) is 0 Å². The second-order valence-electron chi connectivity index (χ2n) is 0. The van der Waals surface area contributed by atoms with Gasteiger partial charge in [-0.25, -0.2) is 0 Å². The zero-order valence-corrected chi connectivity index (χ0v) is 2.68. The summed E-state index contributed by atoms with van der Waals surface area (Å²) >= 11 is 0. The molecule has 0 aromatic carbocycles. The topological polar surface area (TPSA) is 0 Å². The molecule has 0 aliphatic rings. The predicted molar refractivity (Wildman–Crippen MR) is 16.7 cm³/mol. The molecule has 0 spiro atoms. The van der Waals surface area contributed by atoms with Gasteiger partial charge in [-0.1, -0.05) is 7.43 Å². The Bertz CT molecular complexity index is 8.00. The van der Waals surface area contributed by atoms with Crippen molar-refractivity contribution in [3.8, 4) is 0 Å². The van der Waals surface area contributed by atoms with Crippen LogP contribution in [0.3, 0.4) is 0 Å². The third kappa shape index (κ3) is 9.65. The van der Waals surface area contributed by atoms with Gasteiger partial charge in [0.15, 0.2) is 17.4 Å². The Balaban J connectivity index is 0. The summed E-state index contributed by atoms with van der Waals surface area (Å²) in [5.41, 5.74) is 0. The van der Waals surface area contributed by atoms with E-state index in [1.54, 1.807) is 0 Å². The minimum Gasteiger partial charge on any atom is -0.0776 e. The van der Waals surface area contributed by atoms with Crippen LogP contribution in [0.15, 0.2) is 0 Å². The van der Waals surface area contributed by atoms with Crippen LogP contribution in [0.5, 0.6) is 0 Å². The van der Waals surface area contributed by atoms with Crippen LogP contribution in [-0.2, 0) is 33.3 Å². The van der Waals surface area contributed by atoms with E-state index in [1.807, 2.05) is 0 Å². The molecule has 1 radical (unpaired) electrons. The summed E-state index contributed by atoms with van der Waals surface area (Å²) in [7, 11) is 0. The predicted octanol–water partition coefficient (Wildman–Crippen LogP) is -0.553. The summed E-state index contributed by atoms with van der Waals surface area (Å²) in [6.45, 7) is 0. The fourth-order valence-electron chi connectivity index (χ4n) is 0. The molecule has 0 heterocycles. The summed E-state index contributed by atoms with van der Waals surface area (Å²) in [6, 6.07) is 0. The molecule has 0 N–H and O–H groups in total. The van der Waals surface area contributed by atoms with Crippen LogP contribution in [0.1, 0.15) is 7.43 Å². The van der Waals surface area contributed by atoms with Gasteiger partial charge in [0.25, 0.3) is 0 Å². The quantitative estimate of drug-likeness (QED) is 0.421. The van der Waals surface area contributed by atoms with E-state index >= 15 is 0 Å². The van der Waals surface area contributed by atoms with Gasteiger partial charge in [-0.15, -0.1) is 0 Å². The van der Waals surface area contributed by atoms with E-state index in [2.05, 4.69) is 0 Å². The molecule has 0 aliphatic carbocycles. The van der Waals surface area contributed by atoms with Crippen molar-refractivity contribution in [2.75, 3.05) is 0 Å². The molecule has 0 nitrogen and oxygen atoms in total. The number of hydrogen-bond donors (Lipinski definition) is 0. The zero-order chi connectivity index (χ0) is 0. The summed E-state index contributed by atoms with van der Waals surface area (Å²) in [5.74, 6) is 0. The summed E-state index contributed by atoms with van der Waals surface area (Å²) < 4.78 is 0. The third-order valence-electron chi connectivity index (χ3n) is 0. The Morgan fingerprint density at radius 3 is 1.00 bits per heavy atom. The summed E-state index contributed by atoms with van der Waals surface area (Å²) in [4.78, 5) is 0. The van der Waals surface area contributed by atoms with Crippen molar-refractivity contribution in [2.24, 2.45) is 0 Å². The van der Waals surface area contributed by atoms with Gasteiger partial charge in [0.2, 0.25) is 0 Å². The molecular formula is CH7AlCoNi. The Morgan fingerprint density at radius 2 is 1.00 bits per heavy atom. The van der Waals surface area contributed by atoms with Crippen molar-refractivity contribution in [3.05, 3.63) is 0 Å². The van der Waals surface area contributed by atoms with E-state index in [9.17, 15) is 0 Å². The van der Waals surface area contributed by atoms with Gasteiger partial charge in [-0.05, 0) is 0 Å². The Kier molecular flexibility index (Phi) is 291. The summed E-state index contributed by atoms with van der Waals surface area (Å²) in [5, 5.41) is 0. The SMILES string of the molecule is C.[AlH3].[Co].[Ni]. The van der Waals surface area contributed by atoms with Crippen molar-refractivity contribution in [3.63, 3.8) is 0 Å². The zero-order valence-electron chi connectivity index (χ0n) is 0.650. The molecule has 4 heavy (non-hydrogen) atoms. The maximum Gasteiger partial charge on any atom is 0.187 e. The first-order chi connectivity index (χ1) is 0. The smallest absolute Gasteiger partial charge is 0.0776 e. The fourth-order valence-corrected chi connectivity index (χ4v) is 0. The standard InChI is InChI=1S/CH4.Al.Co.Ni.3H/h1H4;;;;;;. The first kappa shape index (κ1) is 48.4. The Morgan fingerprint density at radius 1 is 1.00 bits per heavy atom. The van der Waals surface area contributed by atoms with Crippen LogP contribution in [0.2, 0.25) is 0 Å². The number of hydrogen-bond acceptors (Lipinski definition) is 0. The Hall–Kier alpha value is 1.53. The van der Waals surface area contributed by atoms with Crippen molar-refractivity contribution >= 4 is 17.4 Å². The van der Waals surface area contributed by atoms with Gasteiger partial charge in [0.1, 0.15) is 0 Å². The van der Waals surface area contributed by atoms with Crippen molar-refractivity contribution < 1.29 is 33.3 Å². The molecule has 0 fully saturated rings. The molecule has 0 aliphatic heterocycles. The molecule has 0 unspecified atom stereocenters. The van der Waals surface area contributed by atoms with Crippen molar-refractivity contribution in [2.45, 2.75) is 7.43 Å². The van der Waals surface area contributed by atoms with Crippen LogP contribution in [0, 0.1) is 0 Å². The van der Waals surface area contributed by atoms with Gasteiger partial charge >= 0.3 is 0 Å². The van der Waals surface area contributed by atoms with Crippen LogP contribution >= 0.6 is 0 Å².